The first-order valence-electron chi connectivity index (χ1n) is 7.42. The predicted octanol–water partition coefficient (Wildman–Crippen LogP) is 4.39. The van der Waals surface area contributed by atoms with Crippen LogP contribution in [-0.2, 0) is 4.79 Å². The number of hydrogen-bond acceptors (Lipinski definition) is 1. The van der Waals surface area contributed by atoms with E-state index in [9.17, 15) is 4.79 Å². The van der Waals surface area contributed by atoms with E-state index in [1.54, 1.807) is 6.92 Å². The maximum Gasteiger partial charge on any atom is 0.159 e. The summed E-state index contributed by atoms with van der Waals surface area (Å²) in [5, 5.41) is 0. The minimum Gasteiger partial charge on any atom is -0.295 e. The lowest BCUT2D eigenvalue weighted by atomic mass is 9.46. The van der Waals surface area contributed by atoms with E-state index in [1.807, 2.05) is 0 Å². The fourth-order valence-electron chi connectivity index (χ4n) is 4.18. The Morgan fingerprint density at radius 1 is 0.810 bits per heavy atom. The Hall–Kier alpha value is -2.15. The molecule has 4 rings (SSSR count). The molecule has 0 saturated carbocycles. The van der Waals surface area contributed by atoms with Crippen LogP contribution in [0.4, 0.5) is 0 Å². The first-order chi connectivity index (χ1) is 9.98. The van der Waals surface area contributed by atoms with Crippen LogP contribution in [-0.4, -0.2) is 5.78 Å². The molecule has 0 aromatic carbocycles. The Kier molecular flexibility index (Phi) is 2.24. The summed E-state index contributed by atoms with van der Waals surface area (Å²) < 4.78 is 0. The van der Waals surface area contributed by atoms with Gasteiger partial charge in [-0.2, -0.15) is 0 Å². The highest BCUT2D eigenvalue weighted by Crippen LogP contribution is 2.64. The molecule has 0 radical (unpaired) electrons. The molecule has 0 aliphatic heterocycles. The van der Waals surface area contributed by atoms with Gasteiger partial charge in [0.25, 0.3) is 0 Å². The molecular weight excluding hydrogens is 256 g/mol. The number of carbonyl (C=O) groups excluding carboxylic acids is 1. The molecule has 21 heavy (non-hydrogen) atoms. The van der Waals surface area contributed by atoms with Gasteiger partial charge in [-0.15, -0.1) is 0 Å². The molecule has 0 amide bonds. The second kappa shape index (κ2) is 3.73. The Bertz CT molecular complexity index is 792. The van der Waals surface area contributed by atoms with Crippen LogP contribution in [0.3, 0.4) is 0 Å². The largest absolute Gasteiger partial charge is 0.295 e. The van der Waals surface area contributed by atoms with Crippen LogP contribution in [0.1, 0.15) is 20.8 Å². The second-order valence-corrected chi connectivity index (χ2v) is 6.56. The van der Waals surface area contributed by atoms with Gasteiger partial charge in [0.1, 0.15) is 0 Å². The molecule has 4 aliphatic rings. The lowest BCUT2D eigenvalue weighted by molar-refractivity contribution is -0.113. The smallest absolute Gasteiger partial charge is 0.159 e. The fraction of sp³-hybridized carbons (Fsp3) is 0.250. The number of Topliss-reactive ketones (excluding diaryl/α,β-unsaturated/α-hetero) is 1. The lowest BCUT2D eigenvalue weighted by Crippen LogP contribution is -2.47. The van der Waals surface area contributed by atoms with Crippen LogP contribution in [0.25, 0.3) is 0 Å². The molecule has 0 N–H and O–H groups in total. The van der Waals surface area contributed by atoms with E-state index in [1.165, 1.54) is 22.3 Å². The Labute approximate surface area is 125 Å². The molecule has 0 heterocycles. The maximum atomic E-state index is 11.8. The van der Waals surface area contributed by atoms with Crippen molar-refractivity contribution in [2.24, 2.45) is 10.8 Å². The van der Waals surface area contributed by atoms with Crippen LogP contribution in [0, 0.1) is 10.8 Å². The van der Waals surface area contributed by atoms with Gasteiger partial charge in [0.05, 0.1) is 0 Å². The van der Waals surface area contributed by atoms with E-state index in [-0.39, 0.29) is 16.6 Å². The third kappa shape index (κ3) is 1.29. The van der Waals surface area contributed by atoms with Crippen LogP contribution < -0.4 is 0 Å². The summed E-state index contributed by atoms with van der Waals surface area (Å²) in [5.74, 6) is 0.128. The number of carbonyl (C=O) groups is 1. The first-order valence-corrected chi connectivity index (χ1v) is 7.42. The molecule has 0 spiro atoms. The molecule has 2 unspecified atom stereocenters. The number of allylic oxidation sites excluding steroid dienone is 14. The lowest BCUT2D eigenvalue weighted by Gasteiger charge is -2.56. The normalized spacial score (nSPS) is 35.1. The summed E-state index contributed by atoms with van der Waals surface area (Å²) in [6.07, 6.45) is 19.5. The summed E-state index contributed by atoms with van der Waals surface area (Å²) in [6.45, 7) is 6.27. The van der Waals surface area contributed by atoms with Crippen molar-refractivity contribution >= 4 is 5.78 Å². The van der Waals surface area contributed by atoms with Crippen LogP contribution in [0.5, 0.6) is 0 Å². The summed E-state index contributed by atoms with van der Waals surface area (Å²) in [6, 6.07) is 0. The third-order valence-corrected chi connectivity index (χ3v) is 5.77. The van der Waals surface area contributed by atoms with E-state index < -0.39 is 0 Å². The van der Waals surface area contributed by atoms with Crippen LogP contribution in [0.2, 0.25) is 0 Å². The van der Waals surface area contributed by atoms with E-state index in [2.05, 4.69) is 68.5 Å². The Morgan fingerprint density at radius 2 is 1.43 bits per heavy atom. The van der Waals surface area contributed by atoms with Gasteiger partial charge in [-0.25, -0.2) is 0 Å². The van der Waals surface area contributed by atoms with Crippen molar-refractivity contribution in [3.63, 3.8) is 0 Å². The molecule has 1 nitrogen and oxygen atoms in total. The molecule has 0 saturated heterocycles. The van der Waals surface area contributed by atoms with Gasteiger partial charge in [0.2, 0.25) is 0 Å². The SMILES string of the molecule is CC(=O)C1=CC2=CC=C3C=CC=C4C=CC(=C1)C2(C)C43C. The van der Waals surface area contributed by atoms with E-state index in [4.69, 9.17) is 0 Å². The summed E-state index contributed by atoms with van der Waals surface area (Å²) >= 11 is 0. The van der Waals surface area contributed by atoms with E-state index in [0.29, 0.717) is 0 Å². The number of rotatable bonds is 1. The number of hydrogen-bond donors (Lipinski definition) is 0. The molecule has 0 aromatic rings. The molecule has 104 valence electrons. The zero-order valence-electron chi connectivity index (χ0n) is 12.6. The number of ketones is 1. The highest BCUT2D eigenvalue weighted by molar-refractivity contribution is 5.98. The summed E-state index contributed by atoms with van der Waals surface area (Å²) in [4.78, 5) is 11.8. The minimum absolute atomic E-state index is 0.0504. The van der Waals surface area contributed by atoms with Gasteiger partial charge >= 0.3 is 0 Å². The summed E-state index contributed by atoms with van der Waals surface area (Å²) in [5.41, 5.74) is 5.83. The van der Waals surface area contributed by atoms with Crippen molar-refractivity contribution in [3.8, 4) is 0 Å². The zero-order chi connectivity index (χ0) is 14.8. The van der Waals surface area contributed by atoms with E-state index >= 15 is 0 Å². The molecular formula is C20H18O. The topological polar surface area (TPSA) is 17.1 Å². The van der Waals surface area contributed by atoms with Crippen molar-refractivity contribution in [2.45, 2.75) is 20.8 Å². The monoisotopic (exact) mass is 274 g/mol. The van der Waals surface area contributed by atoms with Crippen molar-refractivity contribution in [1.29, 1.82) is 0 Å². The van der Waals surface area contributed by atoms with E-state index in [0.717, 1.165) is 5.57 Å². The van der Waals surface area contributed by atoms with Gasteiger partial charge in [-0.05, 0) is 41.4 Å². The van der Waals surface area contributed by atoms with Gasteiger partial charge in [-0.3, -0.25) is 4.79 Å². The van der Waals surface area contributed by atoms with Gasteiger partial charge in [0, 0.05) is 16.4 Å². The van der Waals surface area contributed by atoms with Crippen LogP contribution >= 0.6 is 0 Å². The molecule has 0 aromatic heterocycles. The molecule has 2 atom stereocenters. The molecule has 0 bridgehead atoms. The Balaban J connectivity index is 2.08. The third-order valence-electron chi connectivity index (χ3n) is 5.77. The fourth-order valence-corrected chi connectivity index (χ4v) is 4.18. The van der Waals surface area contributed by atoms with Gasteiger partial charge < -0.3 is 0 Å². The average Bonchev–Trinajstić information content (AvgIpc) is 2.45. The average molecular weight is 274 g/mol. The van der Waals surface area contributed by atoms with Crippen molar-refractivity contribution in [1.82, 2.24) is 0 Å². The van der Waals surface area contributed by atoms with Crippen LogP contribution in [0.15, 0.2) is 82.5 Å². The molecule has 0 fully saturated rings. The van der Waals surface area contributed by atoms with Crippen molar-refractivity contribution < 1.29 is 4.79 Å². The van der Waals surface area contributed by atoms with Gasteiger partial charge in [-0.1, -0.05) is 56.4 Å². The zero-order valence-corrected chi connectivity index (χ0v) is 12.6. The molecule has 4 aliphatic carbocycles. The highest BCUT2D eigenvalue weighted by atomic mass is 16.1. The highest BCUT2D eigenvalue weighted by Gasteiger charge is 2.55. The summed E-state index contributed by atoms with van der Waals surface area (Å²) in [7, 11) is 0. The second-order valence-electron chi connectivity index (χ2n) is 6.56. The van der Waals surface area contributed by atoms with Gasteiger partial charge in [0.15, 0.2) is 5.78 Å². The standard InChI is InChI=1S/C20H18O/c1-13(21)14-11-17-9-7-15-5-4-6-16-8-10-18(12-14)20(17,3)19(15,16)2/h4-12H,1-3H3. The van der Waals surface area contributed by atoms with Crippen molar-refractivity contribution in [3.05, 3.63) is 82.5 Å². The van der Waals surface area contributed by atoms with Crippen molar-refractivity contribution in [2.75, 3.05) is 0 Å². The Morgan fingerprint density at radius 3 is 2.19 bits per heavy atom. The maximum absolute atomic E-state index is 11.8. The first kappa shape index (κ1) is 12.6. The predicted molar refractivity (Wildman–Crippen MR) is 85.6 cm³/mol. The quantitative estimate of drug-likeness (QED) is 0.693. The molecule has 1 heteroatoms. The minimum atomic E-state index is -0.0959.